The molecular weight excluding hydrogens is 543 g/mol. The summed E-state index contributed by atoms with van der Waals surface area (Å²) in [5.74, 6) is -1.04. The van der Waals surface area contributed by atoms with E-state index < -0.39 is 17.0 Å². The maximum Gasteiger partial charge on any atom is 0.318 e. The fraction of sp³-hybridized carbons (Fsp3) is 0.222. The fourth-order valence-corrected chi connectivity index (χ4v) is 4.97. The lowest BCUT2D eigenvalue weighted by Crippen LogP contribution is -2.52. The van der Waals surface area contributed by atoms with E-state index in [0.29, 0.717) is 28.8 Å². The number of carbonyl (C=O) groups is 2. The van der Waals surface area contributed by atoms with Gasteiger partial charge in [0.15, 0.2) is 0 Å². The number of piperidine rings is 1. The standard InChI is InChI=1S/C27H24Cl2N6O4/c1-39-26-31-14-16-11-19(25(38)33-22(16)34-26)24(37)32-21-12-15(5-6-20(21)29)23(36)35-27(7-9-30-10-8-27)17-3-2-4-18(28)13-17/h2-6,11-14,30H,7-10H2,1H3,(H,32,37)(H,35,36)(H,31,33,34,38). The molecule has 10 nitrogen and oxygen atoms in total. The Balaban J connectivity index is 1.40. The number of nitrogens with zero attached hydrogens (tertiary/aromatic N) is 2. The molecule has 1 aliphatic rings. The van der Waals surface area contributed by atoms with Crippen LogP contribution < -0.4 is 26.2 Å². The number of aromatic amines is 1. The van der Waals surface area contributed by atoms with Gasteiger partial charge in [-0.2, -0.15) is 4.98 Å². The smallest absolute Gasteiger partial charge is 0.318 e. The van der Waals surface area contributed by atoms with Gasteiger partial charge in [0.1, 0.15) is 11.2 Å². The first-order valence-electron chi connectivity index (χ1n) is 12.1. The molecule has 1 saturated heterocycles. The zero-order valence-corrected chi connectivity index (χ0v) is 22.3. The Morgan fingerprint density at radius 1 is 1.05 bits per heavy atom. The number of H-pyrrole nitrogens is 1. The summed E-state index contributed by atoms with van der Waals surface area (Å²) in [7, 11) is 1.41. The van der Waals surface area contributed by atoms with Gasteiger partial charge in [0, 0.05) is 22.2 Å². The molecule has 39 heavy (non-hydrogen) atoms. The summed E-state index contributed by atoms with van der Waals surface area (Å²) in [6, 6.07) is 13.5. The minimum absolute atomic E-state index is 0.0823. The average molecular weight is 567 g/mol. The van der Waals surface area contributed by atoms with Gasteiger partial charge in [-0.05, 0) is 67.9 Å². The molecule has 4 N–H and O–H groups in total. The van der Waals surface area contributed by atoms with Crippen molar-refractivity contribution in [2.24, 2.45) is 0 Å². The van der Waals surface area contributed by atoms with E-state index in [2.05, 4.69) is 30.9 Å². The molecule has 2 amide bonds. The van der Waals surface area contributed by atoms with E-state index in [1.54, 1.807) is 12.1 Å². The van der Waals surface area contributed by atoms with Gasteiger partial charge in [0.25, 0.3) is 17.4 Å². The Labute approximate surface area is 233 Å². The summed E-state index contributed by atoms with van der Waals surface area (Å²) in [5, 5.41) is 10.4. The van der Waals surface area contributed by atoms with Crippen molar-refractivity contribution in [1.82, 2.24) is 25.6 Å². The highest BCUT2D eigenvalue weighted by molar-refractivity contribution is 6.34. The number of carbonyl (C=O) groups excluding carboxylic acids is 2. The number of hydrogen-bond donors (Lipinski definition) is 4. The number of anilines is 1. The molecule has 1 aliphatic heterocycles. The first-order valence-corrected chi connectivity index (χ1v) is 12.9. The predicted octanol–water partition coefficient (Wildman–Crippen LogP) is 3.89. The Hall–Kier alpha value is -3.99. The second-order valence-corrected chi connectivity index (χ2v) is 9.96. The van der Waals surface area contributed by atoms with E-state index >= 15 is 0 Å². The molecule has 5 rings (SSSR count). The lowest BCUT2D eigenvalue weighted by molar-refractivity contribution is 0.0871. The Morgan fingerprint density at radius 3 is 2.59 bits per heavy atom. The van der Waals surface area contributed by atoms with Crippen LogP contribution in [-0.2, 0) is 5.54 Å². The first-order chi connectivity index (χ1) is 18.8. The number of hydrogen-bond acceptors (Lipinski definition) is 7. The summed E-state index contributed by atoms with van der Waals surface area (Å²) in [6.45, 7) is 1.46. The molecule has 200 valence electrons. The van der Waals surface area contributed by atoms with Crippen LogP contribution in [0.25, 0.3) is 11.0 Å². The Kier molecular flexibility index (Phi) is 7.51. The van der Waals surface area contributed by atoms with Crippen LogP contribution in [0, 0.1) is 0 Å². The number of halogens is 2. The minimum atomic E-state index is -0.706. The lowest BCUT2D eigenvalue weighted by Gasteiger charge is -2.39. The summed E-state index contributed by atoms with van der Waals surface area (Å²) < 4.78 is 4.97. The highest BCUT2D eigenvalue weighted by Crippen LogP contribution is 2.33. The van der Waals surface area contributed by atoms with Gasteiger partial charge in [0.05, 0.1) is 23.4 Å². The van der Waals surface area contributed by atoms with Crippen LogP contribution >= 0.6 is 23.2 Å². The van der Waals surface area contributed by atoms with Crippen molar-refractivity contribution in [3.8, 4) is 6.01 Å². The first kappa shape index (κ1) is 26.6. The van der Waals surface area contributed by atoms with Gasteiger partial charge in [-0.15, -0.1) is 0 Å². The van der Waals surface area contributed by atoms with E-state index in [4.69, 9.17) is 27.9 Å². The zero-order valence-electron chi connectivity index (χ0n) is 20.8. The number of nitrogens with one attached hydrogen (secondary N) is 4. The van der Waals surface area contributed by atoms with Crippen LogP contribution in [0.2, 0.25) is 10.0 Å². The molecule has 2 aromatic carbocycles. The van der Waals surface area contributed by atoms with E-state index in [1.807, 2.05) is 18.2 Å². The van der Waals surface area contributed by atoms with Gasteiger partial charge in [-0.3, -0.25) is 14.4 Å². The van der Waals surface area contributed by atoms with Crippen molar-refractivity contribution in [2.75, 3.05) is 25.5 Å². The molecule has 12 heteroatoms. The molecule has 3 heterocycles. The SMILES string of the molecule is COc1ncc2cc(C(=O)Nc3cc(C(=O)NC4(c5cccc(Cl)c5)CCNCC4)ccc3Cl)c(=O)[nH]c2n1. The van der Waals surface area contributed by atoms with Gasteiger partial charge >= 0.3 is 6.01 Å². The van der Waals surface area contributed by atoms with E-state index in [0.717, 1.165) is 18.7 Å². The summed E-state index contributed by atoms with van der Waals surface area (Å²) >= 11 is 12.6. The lowest BCUT2D eigenvalue weighted by atomic mass is 9.81. The number of amides is 2. The van der Waals surface area contributed by atoms with Crippen molar-refractivity contribution in [1.29, 1.82) is 0 Å². The predicted molar refractivity (Wildman–Crippen MR) is 149 cm³/mol. The van der Waals surface area contributed by atoms with E-state index in [1.165, 1.54) is 31.5 Å². The van der Waals surface area contributed by atoms with Crippen molar-refractivity contribution in [2.45, 2.75) is 18.4 Å². The second kappa shape index (κ2) is 11.0. The number of ether oxygens (including phenoxy) is 1. The number of fused-ring (bicyclic) bond motifs is 1. The van der Waals surface area contributed by atoms with Crippen molar-refractivity contribution in [3.63, 3.8) is 0 Å². The third-order valence-electron chi connectivity index (χ3n) is 6.66. The molecule has 2 aromatic heterocycles. The highest BCUT2D eigenvalue weighted by Gasteiger charge is 2.36. The molecule has 0 atom stereocenters. The van der Waals surface area contributed by atoms with Gasteiger partial charge in [-0.25, -0.2) is 4.98 Å². The normalized spacial score (nSPS) is 14.5. The zero-order chi connectivity index (χ0) is 27.6. The Bertz CT molecular complexity index is 1630. The summed E-state index contributed by atoms with van der Waals surface area (Å²) in [4.78, 5) is 49.7. The van der Waals surface area contributed by atoms with Crippen LogP contribution in [0.1, 0.15) is 39.1 Å². The number of benzene rings is 2. The topological polar surface area (TPSA) is 138 Å². The molecule has 0 bridgehead atoms. The molecule has 4 aromatic rings. The van der Waals surface area contributed by atoms with Crippen LogP contribution in [0.3, 0.4) is 0 Å². The van der Waals surface area contributed by atoms with Crippen LogP contribution in [0.4, 0.5) is 5.69 Å². The van der Waals surface area contributed by atoms with Crippen molar-refractivity contribution in [3.05, 3.63) is 91.8 Å². The van der Waals surface area contributed by atoms with Crippen molar-refractivity contribution >= 4 is 51.7 Å². The molecule has 0 saturated carbocycles. The minimum Gasteiger partial charge on any atom is -0.467 e. The second-order valence-electron chi connectivity index (χ2n) is 9.12. The van der Waals surface area contributed by atoms with Gasteiger partial charge in [-0.1, -0.05) is 35.3 Å². The van der Waals surface area contributed by atoms with Crippen molar-refractivity contribution < 1.29 is 14.3 Å². The molecule has 0 spiro atoms. The average Bonchev–Trinajstić information content (AvgIpc) is 2.94. The van der Waals surface area contributed by atoms with Gasteiger partial charge < -0.3 is 25.7 Å². The summed E-state index contributed by atoms with van der Waals surface area (Å²) in [6.07, 6.45) is 2.79. The monoisotopic (exact) mass is 566 g/mol. The number of aromatic nitrogens is 3. The maximum atomic E-state index is 13.4. The summed E-state index contributed by atoms with van der Waals surface area (Å²) in [5.41, 5.74) is 0.192. The van der Waals surface area contributed by atoms with Crippen LogP contribution in [0.5, 0.6) is 6.01 Å². The third-order valence-corrected chi connectivity index (χ3v) is 7.23. The third kappa shape index (κ3) is 5.58. The highest BCUT2D eigenvalue weighted by atomic mass is 35.5. The molecule has 1 fully saturated rings. The van der Waals surface area contributed by atoms with Crippen LogP contribution in [0.15, 0.2) is 59.5 Å². The number of rotatable bonds is 6. The molecular formula is C27H24Cl2N6O4. The van der Waals surface area contributed by atoms with Gasteiger partial charge in [0.2, 0.25) is 0 Å². The number of pyridine rings is 1. The molecule has 0 aliphatic carbocycles. The Morgan fingerprint density at radius 2 is 1.85 bits per heavy atom. The maximum absolute atomic E-state index is 13.4. The van der Waals surface area contributed by atoms with E-state index in [-0.39, 0.29) is 33.8 Å². The van der Waals surface area contributed by atoms with E-state index in [9.17, 15) is 14.4 Å². The largest absolute Gasteiger partial charge is 0.467 e. The molecule has 0 radical (unpaired) electrons. The fourth-order valence-electron chi connectivity index (χ4n) is 4.61. The molecule has 0 unspecified atom stereocenters. The quantitative estimate of drug-likeness (QED) is 0.277. The van der Waals surface area contributed by atoms with Crippen LogP contribution in [-0.4, -0.2) is 47.0 Å². The number of methoxy groups -OCH3 is 1.